The first-order valence-electron chi connectivity index (χ1n) is 7.89. The smallest absolute Gasteiger partial charge is 0.326 e. The third kappa shape index (κ3) is 3.93. The maximum Gasteiger partial charge on any atom is 0.326 e. The van der Waals surface area contributed by atoms with Crippen molar-refractivity contribution in [3.8, 4) is 11.5 Å². The number of nitrogens with zero attached hydrogens (tertiary/aromatic N) is 1. The number of carbonyl (C=O) groups is 2. The highest BCUT2D eigenvalue weighted by molar-refractivity contribution is 6.32. The number of halogens is 1. The van der Waals surface area contributed by atoms with Crippen molar-refractivity contribution >= 4 is 23.5 Å². The van der Waals surface area contributed by atoms with Crippen LogP contribution < -0.4 is 9.47 Å². The lowest BCUT2D eigenvalue weighted by molar-refractivity contribution is -0.141. The number of hydrogen-bond acceptors (Lipinski definition) is 4. The zero-order chi connectivity index (χ0) is 17.9. The molecule has 24 heavy (non-hydrogen) atoms. The van der Waals surface area contributed by atoms with Crippen LogP contribution in [0.5, 0.6) is 11.5 Å². The minimum atomic E-state index is -0.990. The van der Waals surface area contributed by atoms with Crippen molar-refractivity contribution in [3.63, 3.8) is 0 Å². The monoisotopic (exact) mass is 355 g/mol. The SMILES string of the molecule is COc1cc(C(=O)N2CCC[C@H]2C(=O)O)cc(Cl)c1OCC(C)C. The zero-order valence-electron chi connectivity index (χ0n) is 14.0. The van der Waals surface area contributed by atoms with Gasteiger partial charge in [0.25, 0.3) is 5.91 Å². The molecule has 1 heterocycles. The van der Waals surface area contributed by atoms with Gasteiger partial charge in [-0.1, -0.05) is 25.4 Å². The highest BCUT2D eigenvalue weighted by Crippen LogP contribution is 2.37. The number of amides is 1. The molecular weight excluding hydrogens is 334 g/mol. The number of rotatable bonds is 6. The quantitative estimate of drug-likeness (QED) is 0.848. The van der Waals surface area contributed by atoms with Crippen molar-refractivity contribution in [2.75, 3.05) is 20.3 Å². The van der Waals surface area contributed by atoms with Crippen LogP contribution in [-0.4, -0.2) is 48.2 Å². The molecule has 2 rings (SSSR count). The Kier molecular flexibility index (Phi) is 5.94. The van der Waals surface area contributed by atoms with E-state index in [2.05, 4.69) is 0 Å². The molecule has 1 atom stereocenters. The van der Waals surface area contributed by atoms with Crippen molar-refractivity contribution < 1.29 is 24.2 Å². The summed E-state index contributed by atoms with van der Waals surface area (Å²) in [6, 6.07) is 2.25. The summed E-state index contributed by atoms with van der Waals surface area (Å²) in [6.45, 7) is 4.91. The van der Waals surface area contributed by atoms with E-state index in [0.29, 0.717) is 49.0 Å². The van der Waals surface area contributed by atoms with Gasteiger partial charge in [0.05, 0.1) is 18.7 Å². The molecule has 0 radical (unpaired) electrons. The van der Waals surface area contributed by atoms with Gasteiger partial charge in [-0.2, -0.15) is 0 Å². The summed E-state index contributed by atoms with van der Waals surface area (Å²) in [7, 11) is 1.47. The lowest BCUT2D eigenvalue weighted by atomic mass is 10.1. The fourth-order valence-corrected chi connectivity index (χ4v) is 2.93. The Morgan fingerprint density at radius 2 is 2.12 bits per heavy atom. The van der Waals surface area contributed by atoms with E-state index in [1.807, 2.05) is 13.8 Å². The molecule has 1 aliphatic rings. The molecule has 1 N–H and O–H groups in total. The molecule has 1 aromatic carbocycles. The maximum absolute atomic E-state index is 12.7. The van der Waals surface area contributed by atoms with Crippen molar-refractivity contribution in [1.82, 2.24) is 4.90 Å². The Hall–Kier alpha value is -1.95. The van der Waals surface area contributed by atoms with Gasteiger partial charge in [-0.05, 0) is 30.9 Å². The molecule has 0 bridgehead atoms. The summed E-state index contributed by atoms with van der Waals surface area (Å²) < 4.78 is 11.0. The third-order valence-electron chi connectivity index (χ3n) is 3.84. The van der Waals surface area contributed by atoms with Crippen molar-refractivity contribution in [2.24, 2.45) is 5.92 Å². The Morgan fingerprint density at radius 3 is 2.71 bits per heavy atom. The number of carboxylic acids is 1. The van der Waals surface area contributed by atoms with Crippen LogP contribution in [-0.2, 0) is 4.79 Å². The van der Waals surface area contributed by atoms with Gasteiger partial charge < -0.3 is 19.5 Å². The number of carbonyl (C=O) groups excluding carboxylic acids is 1. The lowest BCUT2D eigenvalue weighted by Gasteiger charge is -2.22. The molecule has 132 valence electrons. The van der Waals surface area contributed by atoms with Gasteiger partial charge in [0.1, 0.15) is 6.04 Å². The molecule has 1 fully saturated rings. The number of benzene rings is 1. The summed E-state index contributed by atoms with van der Waals surface area (Å²) in [5.41, 5.74) is 0.293. The van der Waals surface area contributed by atoms with Crippen LogP contribution in [0.4, 0.5) is 0 Å². The predicted molar refractivity (Wildman–Crippen MR) is 90.0 cm³/mol. The normalized spacial score (nSPS) is 17.2. The van der Waals surface area contributed by atoms with Gasteiger partial charge in [-0.25, -0.2) is 4.79 Å². The summed E-state index contributed by atoms with van der Waals surface area (Å²) in [5, 5.41) is 9.50. The fraction of sp³-hybridized carbons (Fsp3) is 0.529. The van der Waals surface area contributed by atoms with Crippen LogP contribution >= 0.6 is 11.6 Å². The van der Waals surface area contributed by atoms with Crippen molar-refractivity contribution in [3.05, 3.63) is 22.7 Å². The van der Waals surface area contributed by atoms with Gasteiger partial charge in [0.15, 0.2) is 11.5 Å². The first-order chi connectivity index (χ1) is 11.3. The predicted octanol–water partition coefficient (Wildman–Crippen LogP) is 3.07. The highest BCUT2D eigenvalue weighted by atomic mass is 35.5. The Morgan fingerprint density at radius 1 is 1.42 bits per heavy atom. The first-order valence-corrected chi connectivity index (χ1v) is 8.27. The fourth-order valence-electron chi connectivity index (χ4n) is 2.67. The van der Waals surface area contributed by atoms with Crippen LogP contribution in [0, 0.1) is 5.92 Å². The lowest BCUT2D eigenvalue weighted by Crippen LogP contribution is -2.40. The molecule has 0 aliphatic carbocycles. The van der Waals surface area contributed by atoms with E-state index in [0.717, 1.165) is 0 Å². The Bertz CT molecular complexity index is 632. The minimum absolute atomic E-state index is 0.268. The molecule has 0 unspecified atom stereocenters. The third-order valence-corrected chi connectivity index (χ3v) is 4.12. The molecule has 6 nitrogen and oxygen atoms in total. The van der Waals surface area contributed by atoms with Gasteiger partial charge in [0.2, 0.25) is 0 Å². The Labute approximate surface area is 146 Å². The largest absolute Gasteiger partial charge is 0.493 e. The van der Waals surface area contributed by atoms with Crippen molar-refractivity contribution in [2.45, 2.75) is 32.7 Å². The molecule has 1 amide bonds. The van der Waals surface area contributed by atoms with Gasteiger partial charge in [-0.3, -0.25) is 4.79 Å². The Balaban J connectivity index is 2.29. The van der Waals surface area contributed by atoms with E-state index in [4.69, 9.17) is 21.1 Å². The topological polar surface area (TPSA) is 76.1 Å². The minimum Gasteiger partial charge on any atom is -0.493 e. The van der Waals surface area contributed by atoms with Gasteiger partial charge in [0, 0.05) is 12.1 Å². The molecule has 1 saturated heterocycles. The van der Waals surface area contributed by atoms with Crippen LogP contribution in [0.25, 0.3) is 0 Å². The summed E-state index contributed by atoms with van der Waals surface area (Å²) >= 11 is 6.25. The summed E-state index contributed by atoms with van der Waals surface area (Å²) in [5.74, 6) is -0.294. The first kappa shape index (κ1) is 18.4. The van der Waals surface area contributed by atoms with E-state index < -0.39 is 12.0 Å². The van der Waals surface area contributed by atoms with Crippen LogP contribution in [0.1, 0.15) is 37.0 Å². The summed E-state index contributed by atoms with van der Waals surface area (Å²) in [4.78, 5) is 25.3. The van der Waals surface area contributed by atoms with Gasteiger partial charge >= 0.3 is 5.97 Å². The molecular formula is C17H22ClNO5. The second-order valence-corrected chi connectivity index (χ2v) is 6.60. The number of carboxylic acid groups (broad SMARTS) is 1. The van der Waals surface area contributed by atoms with Gasteiger partial charge in [-0.15, -0.1) is 0 Å². The molecule has 0 aromatic heterocycles. The highest BCUT2D eigenvalue weighted by Gasteiger charge is 2.35. The molecule has 0 saturated carbocycles. The number of methoxy groups -OCH3 is 1. The number of hydrogen-bond donors (Lipinski definition) is 1. The van der Waals surface area contributed by atoms with E-state index in [1.165, 1.54) is 18.1 Å². The van der Waals surface area contributed by atoms with E-state index >= 15 is 0 Å². The second-order valence-electron chi connectivity index (χ2n) is 6.19. The zero-order valence-corrected chi connectivity index (χ0v) is 14.8. The van der Waals surface area contributed by atoms with Crippen LogP contribution in [0.2, 0.25) is 5.02 Å². The maximum atomic E-state index is 12.7. The average molecular weight is 356 g/mol. The number of likely N-dealkylation sites (tertiary alicyclic amines) is 1. The van der Waals surface area contributed by atoms with Crippen molar-refractivity contribution in [1.29, 1.82) is 0 Å². The molecule has 7 heteroatoms. The second kappa shape index (κ2) is 7.75. The number of ether oxygens (including phenoxy) is 2. The van der Waals surface area contributed by atoms with Crippen LogP contribution in [0.3, 0.4) is 0 Å². The molecule has 0 spiro atoms. The molecule has 1 aliphatic heterocycles. The van der Waals surface area contributed by atoms with E-state index in [9.17, 15) is 14.7 Å². The number of aliphatic carboxylic acids is 1. The van der Waals surface area contributed by atoms with Crippen LogP contribution in [0.15, 0.2) is 12.1 Å². The van der Waals surface area contributed by atoms with E-state index in [1.54, 1.807) is 6.07 Å². The summed E-state index contributed by atoms with van der Waals surface area (Å²) in [6.07, 6.45) is 1.13. The van der Waals surface area contributed by atoms with E-state index in [-0.39, 0.29) is 10.9 Å². The standard InChI is InChI=1S/C17H22ClNO5/c1-10(2)9-24-15-12(18)7-11(8-14(15)23-3)16(20)19-6-4-5-13(19)17(21)22/h7-8,10,13H,4-6,9H2,1-3H3,(H,21,22)/t13-/m0/s1. The molecule has 1 aromatic rings. The average Bonchev–Trinajstić information content (AvgIpc) is 3.01.